The van der Waals surface area contributed by atoms with Crippen LogP contribution in [0.1, 0.15) is 113 Å². The molecule has 0 aliphatic carbocycles. The Hall–Kier alpha value is -0.600. The molecule has 2 aromatic rings. The Kier molecular flexibility index (Phi) is 11.5. The van der Waals surface area contributed by atoms with Gasteiger partial charge in [0.2, 0.25) is 0 Å². The molecule has 0 aliphatic rings. The van der Waals surface area contributed by atoms with E-state index in [1.807, 2.05) is 0 Å². The molecule has 2 rings (SSSR count). The van der Waals surface area contributed by atoms with Crippen LogP contribution in [-0.2, 0) is 25.7 Å². The second-order valence-corrected chi connectivity index (χ2v) is 10.5. The minimum atomic E-state index is 1.27. The van der Waals surface area contributed by atoms with Gasteiger partial charge in [-0.05, 0) is 74.6 Å². The molecule has 0 bridgehead atoms. The van der Waals surface area contributed by atoms with Crippen molar-refractivity contribution in [1.29, 1.82) is 0 Å². The summed E-state index contributed by atoms with van der Waals surface area (Å²) in [5.41, 5.74) is 3.45. The van der Waals surface area contributed by atoms with Gasteiger partial charge in [0.1, 0.15) is 0 Å². The van der Waals surface area contributed by atoms with E-state index in [1.54, 1.807) is 30.6 Å². The molecule has 2 heterocycles. The van der Waals surface area contributed by atoms with E-state index in [4.69, 9.17) is 0 Å². The van der Waals surface area contributed by atoms with E-state index < -0.39 is 0 Å². The van der Waals surface area contributed by atoms with Gasteiger partial charge in [-0.25, -0.2) is 0 Å². The smallest absolute Gasteiger partial charge is 0.0480 e. The maximum atomic E-state index is 2.42. The molecular weight excluding hydrogens is 376 g/mol. The predicted octanol–water partition coefficient (Wildman–Crippen LogP) is 9.63. The Morgan fingerprint density at radius 3 is 1.89 bits per heavy atom. The van der Waals surface area contributed by atoms with Crippen LogP contribution in [-0.4, -0.2) is 0 Å². The Bertz CT molecular complexity index is 662. The van der Waals surface area contributed by atoms with Crippen LogP contribution in [0.5, 0.6) is 0 Å². The Balaban J connectivity index is 2.27. The molecule has 0 N–H and O–H groups in total. The molecule has 0 radical (unpaired) electrons. The van der Waals surface area contributed by atoms with Crippen LogP contribution < -0.4 is 0 Å². The molecule has 0 nitrogen and oxygen atoms in total. The number of rotatable bonds is 15. The van der Waals surface area contributed by atoms with E-state index in [0.29, 0.717) is 0 Å². The molecule has 0 aromatic carbocycles. The molecule has 0 unspecified atom stereocenters. The monoisotopic (exact) mass is 418 g/mol. The van der Waals surface area contributed by atoms with E-state index in [2.05, 4.69) is 62.5 Å². The molecular formula is C26H42S2. The predicted molar refractivity (Wildman–Crippen MR) is 131 cm³/mol. The highest BCUT2D eigenvalue weighted by Gasteiger charge is 2.19. The highest BCUT2D eigenvalue weighted by Crippen LogP contribution is 2.42. The van der Waals surface area contributed by atoms with Crippen LogP contribution in [0.3, 0.4) is 0 Å². The topological polar surface area (TPSA) is 0 Å². The summed E-state index contributed by atoms with van der Waals surface area (Å²) in [6, 6.07) is 4.83. The van der Waals surface area contributed by atoms with Gasteiger partial charge in [-0.15, -0.1) is 22.7 Å². The minimum absolute atomic E-state index is 1.27. The molecule has 0 spiro atoms. The van der Waals surface area contributed by atoms with Gasteiger partial charge in [-0.2, -0.15) is 0 Å². The van der Waals surface area contributed by atoms with Gasteiger partial charge in [0, 0.05) is 19.5 Å². The van der Waals surface area contributed by atoms with Crippen LogP contribution >= 0.6 is 22.7 Å². The zero-order valence-electron chi connectivity index (χ0n) is 18.9. The number of unbranched alkanes of at least 4 members (excludes halogenated alkanes) is 6. The fourth-order valence-corrected chi connectivity index (χ4v) is 6.54. The SMILES string of the molecule is CCCCCCc1ccc(-c2sc(CCCC)c(CCCC)c2CCCC)s1. The van der Waals surface area contributed by atoms with Crippen molar-refractivity contribution in [2.45, 2.75) is 118 Å². The second kappa shape index (κ2) is 13.6. The first kappa shape index (κ1) is 23.7. The van der Waals surface area contributed by atoms with Gasteiger partial charge < -0.3 is 0 Å². The van der Waals surface area contributed by atoms with Gasteiger partial charge in [0.25, 0.3) is 0 Å². The fraction of sp³-hybridized carbons (Fsp3) is 0.692. The molecule has 0 aliphatic heterocycles. The molecule has 2 aromatic heterocycles. The zero-order chi connectivity index (χ0) is 20.2. The van der Waals surface area contributed by atoms with Crippen molar-refractivity contribution in [2.24, 2.45) is 0 Å². The third-order valence-corrected chi connectivity index (χ3v) is 8.34. The highest BCUT2D eigenvalue weighted by molar-refractivity contribution is 7.22. The summed E-state index contributed by atoms with van der Waals surface area (Å²) in [7, 11) is 0. The van der Waals surface area contributed by atoms with Crippen molar-refractivity contribution in [3.8, 4) is 9.75 Å². The largest absolute Gasteiger partial charge is 0.139 e. The number of thiophene rings is 2. The molecule has 0 atom stereocenters. The lowest BCUT2D eigenvalue weighted by atomic mass is 9.96. The lowest BCUT2D eigenvalue weighted by Crippen LogP contribution is -1.96. The van der Waals surface area contributed by atoms with Crippen molar-refractivity contribution < 1.29 is 0 Å². The van der Waals surface area contributed by atoms with Crippen molar-refractivity contribution in [3.05, 3.63) is 33.0 Å². The quantitative estimate of drug-likeness (QED) is 0.252. The van der Waals surface area contributed by atoms with Crippen molar-refractivity contribution in [2.75, 3.05) is 0 Å². The van der Waals surface area contributed by atoms with Gasteiger partial charge in [-0.1, -0.05) is 66.2 Å². The third kappa shape index (κ3) is 7.02. The van der Waals surface area contributed by atoms with Crippen LogP contribution in [0, 0.1) is 0 Å². The van der Waals surface area contributed by atoms with Crippen LogP contribution in [0.25, 0.3) is 9.75 Å². The van der Waals surface area contributed by atoms with Crippen LogP contribution in [0.4, 0.5) is 0 Å². The molecule has 0 saturated heterocycles. The summed E-state index contributed by atoms with van der Waals surface area (Å²) >= 11 is 4.21. The van der Waals surface area contributed by atoms with Gasteiger partial charge in [-0.3, -0.25) is 0 Å². The summed E-state index contributed by atoms with van der Waals surface area (Å²) in [4.78, 5) is 6.46. The molecule has 0 amide bonds. The summed E-state index contributed by atoms with van der Waals surface area (Å²) in [5.74, 6) is 0. The third-order valence-electron chi connectivity index (χ3n) is 5.68. The molecule has 158 valence electrons. The number of hydrogen-bond donors (Lipinski definition) is 0. The minimum Gasteiger partial charge on any atom is -0.139 e. The first-order chi connectivity index (χ1) is 13.7. The zero-order valence-corrected chi connectivity index (χ0v) is 20.5. The first-order valence-electron chi connectivity index (χ1n) is 12.0. The summed E-state index contributed by atoms with van der Waals surface area (Å²) in [6.45, 7) is 9.27. The normalized spacial score (nSPS) is 11.4. The Morgan fingerprint density at radius 1 is 0.571 bits per heavy atom. The summed E-state index contributed by atoms with van der Waals surface area (Å²) in [6.07, 6.45) is 18.4. The van der Waals surface area contributed by atoms with Crippen LogP contribution in [0.2, 0.25) is 0 Å². The summed E-state index contributed by atoms with van der Waals surface area (Å²) in [5, 5.41) is 0. The van der Waals surface area contributed by atoms with E-state index in [-0.39, 0.29) is 0 Å². The van der Waals surface area contributed by atoms with Crippen molar-refractivity contribution in [3.63, 3.8) is 0 Å². The fourth-order valence-electron chi connectivity index (χ4n) is 3.91. The van der Waals surface area contributed by atoms with Crippen LogP contribution in [0.15, 0.2) is 12.1 Å². The van der Waals surface area contributed by atoms with Gasteiger partial charge in [0.05, 0.1) is 0 Å². The lowest BCUT2D eigenvalue weighted by molar-refractivity contribution is 0.670. The van der Waals surface area contributed by atoms with E-state index in [0.717, 1.165) is 0 Å². The molecule has 28 heavy (non-hydrogen) atoms. The van der Waals surface area contributed by atoms with Crippen molar-refractivity contribution in [1.82, 2.24) is 0 Å². The van der Waals surface area contributed by atoms with E-state index in [1.165, 1.54) is 89.9 Å². The lowest BCUT2D eigenvalue weighted by Gasteiger charge is -2.08. The van der Waals surface area contributed by atoms with E-state index in [9.17, 15) is 0 Å². The second-order valence-electron chi connectivity index (χ2n) is 8.20. The first-order valence-corrected chi connectivity index (χ1v) is 13.6. The average Bonchev–Trinajstić information content (AvgIpc) is 3.30. The van der Waals surface area contributed by atoms with Gasteiger partial charge in [0.15, 0.2) is 0 Å². The standard InChI is InChI=1S/C26H42S2/c1-5-9-13-14-15-21-19-20-25(27-21)26-23(17-11-7-3)22(16-10-6-2)24(28-26)18-12-8-4/h19-20H,5-18H2,1-4H3. The molecule has 0 saturated carbocycles. The average molecular weight is 419 g/mol. The highest BCUT2D eigenvalue weighted by atomic mass is 32.1. The maximum Gasteiger partial charge on any atom is 0.0480 e. The van der Waals surface area contributed by atoms with E-state index >= 15 is 0 Å². The molecule has 2 heteroatoms. The van der Waals surface area contributed by atoms with Crippen molar-refractivity contribution >= 4 is 22.7 Å². The summed E-state index contributed by atoms with van der Waals surface area (Å²) < 4.78 is 0. The molecule has 0 fully saturated rings. The Labute approximate surface area is 182 Å². The van der Waals surface area contributed by atoms with Gasteiger partial charge >= 0.3 is 0 Å². The maximum absolute atomic E-state index is 2.42. The number of hydrogen-bond acceptors (Lipinski definition) is 2. The number of aryl methyl sites for hydroxylation is 2. The Morgan fingerprint density at radius 2 is 1.21 bits per heavy atom.